The first-order valence-electron chi connectivity index (χ1n) is 7.39. The fraction of sp³-hybridized carbons (Fsp3) is 0.312. The van der Waals surface area contributed by atoms with E-state index in [4.69, 9.17) is 5.73 Å². The average Bonchev–Trinajstić information content (AvgIpc) is 3.02. The molecule has 3 N–H and O–H groups in total. The van der Waals surface area contributed by atoms with Crippen LogP contribution in [0.2, 0.25) is 0 Å². The van der Waals surface area contributed by atoms with Gasteiger partial charge < -0.3 is 10.6 Å². The first kappa shape index (κ1) is 14.3. The molecule has 0 spiro atoms. The summed E-state index contributed by atoms with van der Waals surface area (Å²) in [6.07, 6.45) is 3.71. The monoisotopic (exact) mass is 297 g/mol. The van der Waals surface area contributed by atoms with E-state index < -0.39 is 0 Å². The largest absolute Gasteiger partial charge is 0.383 e. The molecule has 0 unspecified atom stereocenters. The summed E-state index contributed by atoms with van der Waals surface area (Å²) in [6.45, 7) is 3.77. The summed E-state index contributed by atoms with van der Waals surface area (Å²) in [4.78, 5) is 25.7. The Hall–Kier alpha value is -2.63. The molecule has 0 amide bonds. The van der Waals surface area contributed by atoms with Gasteiger partial charge in [-0.15, -0.1) is 0 Å². The van der Waals surface area contributed by atoms with E-state index in [0.717, 1.165) is 37.2 Å². The zero-order valence-electron chi connectivity index (χ0n) is 12.5. The molecular weight excluding hydrogens is 278 g/mol. The summed E-state index contributed by atoms with van der Waals surface area (Å²) in [5.74, 6) is 0.760. The van der Waals surface area contributed by atoms with E-state index in [0.29, 0.717) is 11.5 Å². The number of benzene rings is 1. The van der Waals surface area contributed by atoms with Crippen LogP contribution in [0.1, 0.15) is 24.0 Å². The lowest BCUT2D eigenvalue weighted by atomic mass is 10.2. The van der Waals surface area contributed by atoms with Gasteiger partial charge in [-0.05, 0) is 31.4 Å². The smallest absolute Gasteiger partial charge is 0.263 e. The van der Waals surface area contributed by atoms with Gasteiger partial charge in [0.1, 0.15) is 11.4 Å². The Balaban J connectivity index is 1.91. The van der Waals surface area contributed by atoms with Crippen LogP contribution in [0.15, 0.2) is 34.1 Å². The van der Waals surface area contributed by atoms with Gasteiger partial charge in [-0.25, -0.2) is 0 Å². The lowest BCUT2D eigenvalue weighted by Gasteiger charge is -2.16. The summed E-state index contributed by atoms with van der Waals surface area (Å²) in [5.41, 5.74) is 7.83. The molecule has 1 aromatic heterocycles. The molecule has 3 rings (SSSR count). The maximum atomic E-state index is 12.2. The van der Waals surface area contributed by atoms with Gasteiger partial charge >= 0.3 is 0 Å². The van der Waals surface area contributed by atoms with Gasteiger partial charge in [-0.2, -0.15) is 4.98 Å². The number of aliphatic imine (C=N–C) groups is 1. The number of rotatable bonds is 3. The van der Waals surface area contributed by atoms with Crippen molar-refractivity contribution >= 4 is 23.7 Å². The lowest BCUT2D eigenvalue weighted by Crippen LogP contribution is -2.26. The molecule has 6 heteroatoms. The number of aromatic amines is 1. The third kappa shape index (κ3) is 2.86. The average molecular weight is 297 g/mol. The van der Waals surface area contributed by atoms with Crippen molar-refractivity contribution in [2.24, 2.45) is 4.99 Å². The van der Waals surface area contributed by atoms with Gasteiger partial charge in [-0.1, -0.05) is 18.2 Å². The van der Waals surface area contributed by atoms with E-state index in [-0.39, 0.29) is 11.4 Å². The second kappa shape index (κ2) is 6.01. The Kier molecular flexibility index (Phi) is 3.91. The molecule has 1 aliphatic rings. The molecule has 22 heavy (non-hydrogen) atoms. The standard InChI is InChI=1S/C16H19N5O/c1-11-6-2-3-7-13(11)18-10-12-14(17)19-16(20-15(12)22)21-8-4-5-9-21/h2-3,6-7,10H,4-5,8-9H2,1H3,(H3,17,19,20,22). The predicted molar refractivity (Wildman–Crippen MR) is 89.2 cm³/mol. The van der Waals surface area contributed by atoms with E-state index in [1.54, 1.807) is 0 Å². The Morgan fingerprint density at radius 3 is 2.73 bits per heavy atom. The minimum atomic E-state index is -0.258. The highest BCUT2D eigenvalue weighted by Crippen LogP contribution is 2.18. The van der Waals surface area contributed by atoms with Crippen LogP contribution in [-0.4, -0.2) is 29.3 Å². The second-order valence-electron chi connectivity index (χ2n) is 5.43. The Bertz CT molecular complexity index is 759. The van der Waals surface area contributed by atoms with E-state index in [1.165, 1.54) is 6.21 Å². The predicted octanol–water partition coefficient (Wildman–Crippen LogP) is 2.01. The third-order valence-electron chi connectivity index (χ3n) is 3.83. The van der Waals surface area contributed by atoms with Crippen LogP contribution in [-0.2, 0) is 0 Å². The van der Waals surface area contributed by atoms with Crippen molar-refractivity contribution in [2.75, 3.05) is 23.7 Å². The van der Waals surface area contributed by atoms with Crippen molar-refractivity contribution in [3.05, 3.63) is 45.7 Å². The molecule has 0 saturated carbocycles. The number of nitrogens with two attached hydrogens (primary N) is 1. The van der Waals surface area contributed by atoms with Crippen molar-refractivity contribution in [3.63, 3.8) is 0 Å². The molecule has 1 fully saturated rings. The maximum Gasteiger partial charge on any atom is 0.263 e. The molecule has 6 nitrogen and oxygen atoms in total. The highest BCUT2D eigenvalue weighted by Gasteiger charge is 2.16. The molecule has 1 aromatic carbocycles. The number of aryl methyl sites for hydroxylation is 1. The highest BCUT2D eigenvalue weighted by atomic mass is 16.1. The molecule has 0 aliphatic carbocycles. The minimum absolute atomic E-state index is 0.211. The number of hydrogen-bond acceptors (Lipinski definition) is 5. The Labute approximate surface area is 128 Å². The molecular formula is C16H19N5O. The van der Waals surface area contributed by atoms with Crippen molar-refractivity contribution in [3.8, 4) is 0 Å². The minimum Gasteiger partial charge on any atom is -0.383 e. The van der Waals surface area contributed by atoms with Crippen LogP contribution >= 0.6 is 0 Å². The number of hydrogen-bond donors (Lipinski definition) is 2. The van der Waals surface area contributed by atoms with Gasteiger partial charge in [0, 0.05) is 19.3 Å². The van der Waals surface area contributed by atoms with Crippen LogP contribution < -0.4 is 16.2 Å². The zero-order chi connectivity index (χ0) is 15.5. The Morgan fingerprint density at radius 1 is 1.32 bits per heavy atom. The van der Waals surface area contributed by atoms with Crippen molar-refractivity contribution in [1.29, 1.82) is 0 Å². The molecule has 2 aromatic rings. The molecule has 0 bridgehead atoms. The van der Waals surface area contributed by atoms with Gasteiger partial charge in [0.05, 0.1) is 5.69 Å². The number of H-pyrrole nitrogens is 1. The van der Waals surface area contributed by atoms with Crippen LogP contribution in [0.4, 0.5) is 17.5 Å². The molecule has 1 aliphatic heterocycles. The van der Waals surface area contributed by atoms with Crippen LogP contribution in [0.5, 0.6) is 0 Å². The molecule has 2 heterocycles. The second-order valence-corrected chi connectivity index (χ2v) is 5.43. The molecule has 0 radical (unpaired) electrons. The SMILES string of the molecule is Cc1ccccc1N=Cc1c(N)nc(N2CCCC2)[nH]c1=O. The Morgan fingerprint density at radius 2 is 2.05 bits per heavy atom. The lowest BCUT2D eigenvalue weighted by molar-refractivity contribution is 0.892. The third-order valence-corrected chi connectivity index (χ3v) is 3.83. The highest BCUT2D eigenvalue weighted by molar-refractivity contribution is 5.87. The summed E-state index contributed by atoms with van der Waals surface area (Å²) < 4.78 is 0. The normalized spacial score (nSPS) is 14.9. The number of anilines is 2. The van der Waals surface area contributed by atoms with Crippen LogP contribution in [0, 0.1) is 6.92 Å². The van der Waals surface area contributed by atoms with Gasteiger partial charge in [-0.3, -0.25) is 14.8 Å². The topological polar surface area (TPSA) is 87.4 Å². The van der Waals surface area contributed by atoms with Crippen molar-refractivity contribution < 1.29 is 0 Å². The first-order valence-corrected chi connectivity index (χ1v) is 7.39. The molecule has 0 atom stereocenters. The van der Waals surface area contributed by atoms with E-state index in [2.05, 4.69) is 15.0 Å². The number of nitrogen functional groups attached to an aromatic ring is 1. The first-order chi connectivity index (χ1) is 10.6. The quantitative estimate of drug-likeness (QED) is 0.848. The van der Waals surface area contributed by atoms with E-state index in [1.807, 2.05) is 36.1 Å². The summed E-state index contributed by atoms with van der Waals surface area (Å²) in [7, 11) is 0. The number of nitrogens with zero attached hydrogens (tertiary/aromatic N) is 3. The number of nitrogens with one attached hydrogen (secondary N) is 1. The fourth-order valence-corrected chi connectivity index (χ4v) is 2.53. The number of para-hydroxylation sites is 1. The van der Waals surface area contributed by atoms with E-state index in [9.17, 15) is 4.79 Å². The summed E-state index contributed by atoms with van der Waals surface area (Å²) >= 11 is 0. The zero-order valence-corrected chi connectivity index (χ0v) is 12.5. The maximum absolute atomic E-state index is 12.2. The van der Waals surface area contributed by atoms with Gasteiger partial charge in [0.25, 0.3) is 5.56 Å². The molecule has 114 valence electrons. The van der Waals surface area contributed by atoms with Crippen LogP contribution in [0.25, 0.3) is 0 Å². The fourth-order valence-electron chi connectivity index (χ4n) is 2.53. The molecule has 1 saturated heterocycles. The van der Waals surface area contributed by atoms with Gasteiger partial charge in [0.15, 0.2) is 0 Å². The van der Waals surface area contributed by atoms with Crippen molar-refractivity contribution in [1.82, 2.24) is 9.97 Å². The number of aromatic nitrogens is 2. The van der Waals surface area contributed by atoms with Gasteiger partial charge in [0.2, 0.25) is 5.95 Å². The van der Waals surface area contributed by atoms with Crippen molar-refractivity contribution in [2.45, 2.75) is 19.8 Å². The van der Waals surface area contributed by atoms with Crippen LogP contribution in [0.3, 0.4) is 0 Å². The summed E-state index contributed by atoms with van der Waals surface area (Å²) in [6, 6.07) is 7.71. The summed E-state index contributed by atoms with van der Waals surface area (Å²) in [5, 5.41) is 0. The van der Waals surface area contributed by atoms with E-state index >= 15 is 0 Å².